The second-order valence-electron chi connectivity index (χ2n) is 22.1. The number of methoxy groups -OCH3 is 2. The van der Waals surface area contributed by atoms with E-state index in [0.717, 1.165) is 21.6 Å². The second-order valence-corrected chi connectivity index (χ2v) is 23.4. The Bertz CT molecular complexity index is 4000. The fraction of sp³-hybridized carbons (Fsp3) is 0.338. The zero-order chi connectivity index (χ0) is 65.6. The van der Waals surface area contributed by atoms with Gasteiger partial charge in [-0.2, -0.15) is 10.2 Å². The highest BCUT2D eigenvalue weighted by atomic mass is 32.2. The minimum atomic E-state index is -1.15. The highest BCUT2D eigenvalue weighted by Gasteiger charge is 2.41. The van der Waals surface area contributed by atoms with E-state index in [4.69, 9.17) is 23.4 Å². The van der Waals surface area contributed by atoms with Crippen molar-refractivity contribution in [3.8, 4) is 33.9 Å². The number of non-ortho nitro benzene ring substituents is 1. The molecule has 0 radical (unpaired) electrons. The molecule has 0 bridgehead atoms. The molecule has 3 heterocycles. The Balaban J connectivity index is 0.655. The maximum absolute atomic E-state index is 13.6. The third-order valence-corrected chi connectivity index (χ3v) is 16.5. The van der Waals surface area contributed by atoms with Crippen LogP contribution < -0.4 is 45.2 Å². The molecular formula is C65H71N12O14S+. The largest absolute Gasteiger partial charge is 0.494 e. The Kier molecular flexibility index (Phi) is 22.0. The van der Waals surface area contributed by atoms with E-state index >= 15 is 0 Å². The fourth-order valence-electron chi connectivity index (χ4n) is 10.2. The minimum Gasteiger partial charge on any atom is -0.494 e. The van der Waals surface area contributed by atoms with Crippen LogP contribution in [0.1, 0.15) is 46.4 Å². The van der Waals surface area contributed by atoms with E-state index in [9.17, 15) is 44.0 Å². The molecule has 4 aliphatic rings. The number of fused-ring (bicyclic) bond motifs is 2. The number of thioether (sulfide) groups is 1. The number of aromatic carboxylic acids is 1. The summed E-state index contributed by atoms with van der Waals surface area (Å²) in [4.78, 5) is 94.0. The van der Waals surface area contributed by atoms with Crippen molar-refractivity contribution in [2.45, 2.75) is 37.2 Å². The molecule has 0 aromatic heterocycles. The number of hydrogen-bond donors (Lipinski definition) is 4. The summed E-state index contributed by atoms with van der Waals surface area (Å²) in [7, 11) is 12.5. The first-order valence-electron chi connectivity index (χ1n) is 29.5. The molecule has 4 N–H and O–H groups in total. The number of carboxylic acid groups (broad SMARTS) is 1. The third kappa shape index (κ3) is 16.4. The molecule has 5 amide bonds. The molecule has 1 unspecified atom stereocenters. The number of rotatable bonds is 27. The SMILES string of the molecule is COc1cc(N=Nc2ccc([N+](=O)[O-])cc2)c(OC)cc1N=Nc1ccc(N(C)CCCC(=O)NCCSC2CC(=O)N(CC3OCC(C(=O)NCCCNC(=O)c4ccc(C(=O)O)c(-c5c6ccc(=[N+](C)C)cc-6oc6cc(N(C)C)ccc56)c4)CO3)C2=O)cc1. The number of nitrogens with one attached hydrogen (secondary N) is 3. The number of nitrogens with zero attached hydrogens (tertiary/aromatic N) is 9. The molecule has 3 aliphatic heterocycles. The van der Waals surface area contributed by atoms with Crippen molar-refractivity contribution in [1.29, 1.82) is 0 Å². The van der Waals surface area contributed by atoms with E-state index < -0.39 is 34.3 Å². The van der Waals surface area contributed by atoms with Gasteiger partial charge in [0.2, 0.25) is 29.0 Å². The smallest absolute Gasteiger partial charge is 0.336 e. The van der Waals surface area contributed by atoms with Crippen molar-refractivity contribution >= 4 is 98.0 Å². The van der Waals surface area contributed by atoms with E-state index in [1.165, 1.54) is 62.4 Å². The summed E-state index contributed by atoms with van der Waals surface area (Å²) in [6.45, 7) is 1.22. The Morgan fingerprint density at radius 3 is 2.03 bits per heavy atom. The number of hydrogen-bond acceptors (Lipinski definition) is 20. The van der Waals surface area contributed by atoms with Gasteiger partial charge in [-0.05, 0) is 91.2 Å². The molecule has 5 aromatic rings. The lowest BCUT2D eigenvalue weighted by Gasteiger charge is -2.30. The van der Waals surface area contributed by atoms with Gasteiger partial charge in [0.25, 0.3) is 11.6 Å². The summed E-state index contributed by atoms with van der Waals surface area (Å²) in [6, 6.07) is 32.2. The van der Waals surface area contributed by atoms with Gasteiger partial charge in [-0.1, -0.05) is 0 Å². The molecule has 9 rings (SSSR count). The van der Waals surface area contributed by atoms with Gasteiger partial charge in [0.15, 0.2) is 6.29 Å². The molecule has 1 aliphatic carbocycles. The topological polar surface area (TPSA) is 314 Å². The Morgan fingerprint density at radius 1 is 0.750 bits per heavy atom. The number of likely N-dealkylation sites (tertiary alicyclic amines) is 1. The quantitative estimate of drug-likeness (QED) is 0.00710. The molecule has 5 aromatic carbocycles. The Labute approximate surface area is 533 Å². The van der Waals surface area contributed by atoms with Crippen LogP contribution in [-0.2, 0) is 28.7 Å². The van der Waals surface area contributed by atoms with Crippen LogP contribution in [0.25, 0.3) is 33.4 Å². The highest BCUT2D eigenvalue weighted by molar-refractivity contribution is 8.00. The lowest BCUT2D eigenvalue weighted by atomic mass is 9.89. The van der Waals surface area contributed by atoms with Crippen LogP contribution in [0.15, 0.2) is 140 Å². The van der Waals surface area contributed by atoms with Crippen LogP contribution in [0.3, 0.4) is 0 Å². The Hall–Kier alpha value is -10.1. The maximum Gasteiger partial charge on any atom is 0.336 e. The van der Waals surface area contributed by atoms with E-state index in [-0.39, 0.29) is 86.1 Å². The number of carbonyl (C=O) groups excluding carboxylic acids is 5. The van der Waals surface area contributed by atoms with Crippen LogP contribution in [0.5, 0.6) is 11.5 Å². The number of carbonyl (C=O) groups is 6. The summed E-state index contributed by atoms with van der Waals surface area (Å²) in [5, 5.41) is 48.1. The fourth-order valence-corrected chi connectivity index (χ4v) is 11.2. The zero-order valence-electron chi connectivity index (χ0n) is 51.9. The molecule has 27 heteroatoms. The number of carboxylic acids is 1. The monoisotopic (exact) mass is 1280 g/mol. The van der Waals surface area contributed by atoms with E-state index in [1.807, 2.05) is 110 Å². The van der Waals surface area contributed by atoms with Gasteiger partial charge in [0.05, 0.1) is 73.1 Å². The summed E-state index contributed by atoms with van der Waals surface area (Å²) < 4.78 is 31.0. The number of nitro benzene ring substituents is 1. The summed E-state index contributed by atoms with van der Waals surface area (Å²) in [5.74, 6) is -1.73. The van der Waals surface area contributed by atoms with E-state index in [0.29, 0.717) is 99.4 Å². The van der Waals surface area contributed by atoms with Crippen LogP contribution >= 0.6 is 11.8 Å². The number of anilines is 2. The number of benzene rings is 6. The molecule has 2 saturated heterocycles. The normalized spacial score (nSPS) is 15.7. The summed E-state index contributed by atoms with van der Waals surface area (Å²) in [5.41, 5.74) is 5.92. The first kappa shape index (κ1) is 66.3. The van der Waals surface area contributed by atoms with E-state index in [2.05, 4.69) is 36.4 Å². The van der Waals surface area contributed by atoms with Crippen molar-refractivity contribution in [1.82, 2.24) is 25.4 Å². The predicted octanol–water partition coefficient (Wildman–Crippen LogP) is 8.88. The van der Waals surface area contributed by atoms with Crippen LogP contribution in [0.4, 0.5) is 39.8 Å². The number of ether oxygens (including phenoxy) is 4. The molecule has 0 spiro atoms. The first-order chi connectivity index (χ1) is 44.3. The van der Waals surface area contributed by atoms with Crippen LogP contribution in [0.2, 0.25) is 0 Å². The number of imide groups is 1. The van der Waals surface area contributed by atoms with Gasteiger partial charge in [0, 0.05) is 136 Å². The number of azo groups is 2. The molecule has 26 nitrogen and oxygen atoms in total. The molecule has 2 fully saturated rings. The van der Waals surface area contributed by atoms with Crippen molar-refractivity contribution < 1.29 is 62.2 Å². The standard InChI is InChI=1S/C65H70N12O14S/c1-73(2)45-20-23-48-53(31-45)91-54-32-46(74(3)4)21-24-49(54)61(48)50-30-39(11-22-47(50)65(83)84)62(80)67-25-9-26-68-63(81)40-37-89-60(90-38-40)36-76-59(79)35-57(64(76)82)92-29-27-66-58(78)10-8-28-75(5)43-16-12-41(13-17-43)69-71-51-33-56(88-7)52(34-55(51)87-6)72-70-42-14-18-44(19-15-42)77(85)86/h11-24,30-34,40,57,60H,8-10,25-29,35-38H2,1-7H3,(H3-,66,67,68,78,80,81,83,84)/p+1. The van der Waals surface area contributed by atoms with Gasteiger partial charge in [-0.15, -0.1) is 22.0 Å². The average Bonchev–Trinajstić information content (AvgIpc) is 0.897. The van der Waals surface area contributed by atoms with Crippen LogP contribution in [-0.4, -0.2) is 163 Å². The maximum atomic E-state index is 13.6. The predicted molar refractivity (Wildman–Crippen MR) is 346 cm³/mol. The lowest BCUT2D eigenvalue weighted by Crippen LogP contribution is -2.47. The van der Waals surface area contributed by atoms with Gasteiger partial charge in [0.1, 0.15) is 48.3 Å². The first-order valence-corrected chi connectivity index (χ1v) is 30.6. The van der Waals surface area contributed by atoms with Gasteiger partial charge >= 0.3 is 5.97 Å². The molecule has 1 atom stereocenters. The minimum absolute atomic E-state index is 0.00149. The summed E-state index contributed by atoms with van der Waals surface area (Å²) in [6.07, 6.45) is 0.326. The van der Waals surface area contributed by atoms with Crippen molar-refractivity contribution in [3.05, 3.63) is 142 Å². The number of amides is 5. The Morgan fingerprint density at radius 2 is 1.40 bits per heavy atom. The third-order valence-electron chi connectivity index (χ3n) is 15.3. The average molecular weight is 1280 g/mol. The van der Waals surface area contributed by atoms with Crippen molar-refractivity contribution in [2.75, 3.05) is 111 Å². The number of nitro groups is 1. The highest BCUT2D eigenvalue weighted by Crippen LogP contribution is 2.44. The molecule has 480 valence electrons. The van der Waals surface area contributed by atoms with Gasteiger partial charge < -0.3 is 54.2 Å². The molecule has 92 heavy (non-hydrogen) atoms. The van der Waals surface area contributed by atoms with Crippen LogP contribution in [0, 0.1) is 16.0 Å². The van der Waals surface area contributed by atoms with E-state index in [1.54, 1.807) is 18.2 Å². The molecule has 0 saturated carbocycles. The van der Waals surface area contributed by atoms with Crippen molar-refractivity contribution in [3.63, 3.8) is 0 Å². The lowest BCUT2D eigenvalue weighted by molar-refractivity contribution is -0.384. The summed E-state index contributed by atoms with van der Waals surface area (Å²) >= 11 is 1.29. The van der Waals surface area contributed by atoms with Gasteiger partial charge in [-0.3, -0.25) is 39.0 Å². The van der Waals surface area contributed by atoms with Gasteiger partial charge in [-0.25, -0.2) is 9.37 Å². The molecular weight excluding hydrogens is 1200 g/mol. The van der Waals surface area contributed by atoms with Crippen molar-refractivity contribution in [2.24, 2.45) is 26.4 Å². The second kappa shape index (κ2) is 30.6. The zero-order valence-corrected chi connectivity index (χ0v) is 52.7.